The summed E-state index contributed by atoms with van der Waals surface area (Å²) in [5.74, 6) is -0.155. The molecule has 0 saturated heterocycles. The zero-order valence-electron chi connectivity index (χ0n) is 14.9. The Bertz CT molecular complexity index is 797. The van der Waals surface area contributed by atoms with Gasteiger partial charge in [0.05, 0.1) is 5.02 Å². The first-order valence-corrected chi connectivity index (χ1v) is 9.06. The van der Waals surface area contributed by atoms with Gasteiger partial charge in [0, 0.05) is 5.02 Å². The van der Waals surface area contributed by atoms with E-state index < -0.39 is 17.9 Å². The van der Waals surface area contributed by atoms with Gasteiger partial charge in [0.25, 0.3) is 11.8 Å². The van der Waals surface area contributed by atoms with Crippen molar-refractivity contribution < 1.29 is 19.1 Å². The number of hydrazine groups is 1. The van der Waals surface area contributed by atoms with Crippen molar-refractivity contribution in [1.82, 2.24) is 10.9 Å². The molecular weight excluding hydrogens is 391 g/mol. The minimum absolute atomic E-state index is 0.232. The Kier molecular flexibility index (Phi) is 7.76. The molecule has 6 nitrogen and oxygen atoms in total. The van der Waals surface area contributed by atoms with Gasteiger partial charge in [0.1, 0.15) is 11.5 Å². The van der Waals surface area contributed by atoms with Gasteiger partial charge < -0.3 is 9.47 Å². The second-order valence-electron chi connectivity index (χ2n) is 5.66. The van der Waals surface area contributed by atoms with Crippen LogP contribution >= 0.6 is 23.2 Å². The number of ether oxygens (including phenoxy) is 2. The fourth-order valence-electron chi connectivity index (χ4n) is 2.05. The quantitative estimate of drug-likeness (QED) is 0.684. The van der Waals surface area contributed by atoms with Crippen LogP contribution in [0.2, 0.25) is 10.0 Å². The Labute approximate surface area is 167 Å². The molecule has 0 spiro atoms. The van der Waals surface area contributed by atoms with E-state index in [9.17, 15) is 9.59 Å². The van der Waals surface area contributed by atoms with Crippen molar-refractivity contribution in [2.75, 3.05) is 6.61 Å². The van der Waals surface area contributed by atoms with Crippen LogP contribution in [0.3, 0.4) is 0 Å². The molecule has 2 aromatic rings. The van der Waals surface area contributed by atoms with Gasteiger partial charge in [-0.3, -0.25) is 20.4 Å². The molecule has 0 aliphatic heterocycles. The van der Waals surface area contributed by atoms with E-state index in [-0.39, 0.29) is 11.6 Å². The largest absolute Gasteiger partial charge is 0.484 e. The molecular formula is C19H20Cl2N2O4. The maximum absolute atomic E-state index is 12.0. The van der Waals surface area contributed by atoms with Crippen LogP contribution in [-0.2, 0) is 16.0 Å². The van der Waals surface area contributed by atoms with Crippen LogP contribution in [0.5, 0.6) is 11.5 Å². The highest BCUT2D eigenvalue weighted by Gasteiger charge is 2.17. The fourth-order valence-corrected chi connectivity index (χ4v) is 2.51. The summed E-state index contributed by atoms with van der Waals surface area (Å²) < 4.78 is 10.8. The van der Waals surface area contributed by atoms with Gasteiger partial charge in [-0.2, -0.15) is 0 Å². The SMILES string of the molecule is CCc1ccc(OCC(=O)NNC(=O)C(C)Oc2ccc(Cl)cc2Cl)cc1. The van der Waals surface area contributed by atoms with E-state index in [0.29, 0.717) is 16.5 Å². The topological polar surface area (TPSA) is 76.7 Å². The molecule has 0 radical (unpaired) electrons. The maximum atomic E-state index is 12.0. The van der Waals surface area contributed by atoms with Crippen molar-refractivity contribution in [3.05, 3.63) is 58.1 Å². The standard InChI is InChI=1S/C19H20Cl2N2O4/c1-3-13-4-7-15(8-5-13)26-11-18(24)22-23-19(25)12(2)27-17-9-6-14(20)10-16(17)21/h4-10,12H,3,11H2,1-2H3,(H,22,24)(H,23,25). The van der Waals surface area contributed by atoms with Crippen molar-refractivity contribution in [1.29, 1.82) is 0 Å². The number of halogens is 2. The second-order valence-corrected chi connectivity index (χ2v) is 6.50. The summed E-state index contributed by atoms with van der Waals surface area (Å²) in [5.41, 5.74) is 5.72. The van der Waals surface area contributed by atoms with E-state index in [4.69, 9.17) is 32.7 Å². The molecule has 2 amide bonds. The first-order valence-electron chi connectivity index (χ1n) is 8.31. The van der Waals surface area contributed by atoms with Gasteiger partial charge >= 0.3 is 0 Å². The lowest BCUT2D eigenvalue weighted by Gasteiger charge is -2.16. The zero-order chi connectivity index (χ0) is 19.8. The van der Waals surface area contributed by atoms with Gasteiger partial charge in [-0.05, 0) is 49.2 Å². The van der Waals surface area contributed by atoms with E-state index in [2.05, 4.69) is 17.8 Å². The molecule has 0 fully saturated rings. The molecule has 1 atom stereocenters. The Morgan fingerprint density at radius 2 is 1.78 bits per heavy atom. The van der Waals surface area contributed by atoms with Crippen LogP contribution in [0.1, 0.15) is 19.4 Å². The molecule has 1 unspecified atom stereocenters. The molecule has 8 heteroatoms. The van der Waals surface area contributed by atoms with Crippen LogP contribution in [0.4, 0.5) is 0 Å². The van der Waals surface area contributed by atoms with E-state index >= 15 is 0 Å². The Morgan fingerprint density at radius 1 is 1.07 bits per heavy atom. The number of benzene rings is 2. The molecule has 0 aliphatic rings. The van der Waals surface area contributed by atoms with Crippen LogP contribution in [0, 0.1) is 0 Å². The molecule has 2 N–H and O–H groups in total. The molecule has 0 bridgehead atoms. The average Bonchev–Trinajstić information content (AvgIpc) is 2.66. The fraction of sp³-hybridized carbons (Fsp3) is 0.263. The molecule has 2 rings (SSSR count). The minimum atomic E-state index is -0.883. The van der Waals surface area contributed by atoms with E-state index in [0.717, 1.165) is 6.42 Å². The van der Waals surface area contributed by atoms with Gasteiger partial charge in [0.2, 0.25) is 0 Å². The highest BCUT2D eigenvalue weighted by molar-refractivity contribution is 6.35. The Balaban J connectivity index is 1.75. The zero-order valence-corrected chi connectivity index (χ0v) is 16.4. The Morgan fingerprint density at radius 3 is 2.41 bits per heavy atom. The van der Waals surface area contributed by atoms with Crippen molar-refractivity contribution >= 4 is 35.0 Å². The normalized spacial score (nSPS) is 11.4. The highest BCUT2D eigenvalue weighted by Crippen LogP contribution is 2.28. The van der Waals surface area contributed by atoms with Crippen molar-refractivity contribution in [3.63, 3.8) is 0 Å². The molecule has 27 heavy (non-hydrogen) atoms. The number of rotatable bonds is 7. The first kappa shape index (κ1) is 20.9. The van der Waals surface area contributed by atoms with Gasteiger partial charge in [0.15, 0.2) is 12.7 Å². The number of aryl methyl sites for hydroxylation is 1. The predicted molar refractivity (Wildman–Crippen MR) is 104 cm³/mol. The lowest BCUT2D eigenvalue weighted by Crippen LogP contribution is -2.48. The molecule has 144 valence electrons. The summed E-state index contributed by atoms with van der Waals surface area (Å²) in [6.45, 7) is 3.35. The van der Waals surface area contributed by atoms with Gasteiger partial charge in [-0.25, -0.2) is 0 Å². The van der Waals surface area contributed by atoms with E-state index in [1.807, 2.05) is 12.1 Å². The number of carbonyl (C=O) groups excluding carboxylic acids is 2. The summed E-state index contributed by atoms with van der Waals surface area (Å²) in [7, 11) is 0. The van der Waals surface area contributed by atoms with Gasteiger partial charge in [-0.1, -0.05) is 42.3 Å². The van der Waals surface area contributed by atoms with Gasteiger partial charge in [-0.15, -0.1) is 0 Å². The number of amides is 2. The number of hydrogen-bond acceptors (Lipinski definition) is 4. The van der Waals surface area contributed by atoms with Crippen molar-refractivity contribution in [2.24, 2.45) is 0 Å². The summed E-state index contributed by atoms with van der Waals surface area (Å²) in [5, 5.41) is 0.745. The molecule has 0 aromatic heterocycles. The lowest BCUT2D eigenvalue weighted by atomic mass is 10.2. The summed E-state index contributed by atoms with van der Waals surface area (Å²) >= 11 is 11.8. The molecule has 0 heterocycles. The summed E-state index contributed by atoms with van der Waals surface area (Å²) in [6, 6.07) is 12.1. The molecule has 2 aromatic carbocycles. The van der Waals surface area contributed by atoms with Crippen molar-refractivity contribution in [2.45, 2.75) is 26.4 Å². The monoisotopic (exact) mass is 410 g/mol. The van der Waals surface area contributed by atoms with Crippen LogP contribution in [0.25, 0.3) is 0 Å². The second kappa shape index (κ2) is 10.0. The third kappa shape index (κ3) is 6.66. The third-order valence-corrected chi connectivity index (χ3v) is 4.12. The van der Waals surface area contributed by atoms with E-state index in [1.165, 1.54) is 18.6 Å². The number of carbonyl (C=O) groups is 2. The van der Waals surface area contributed by atoms with E-state index in [1.54, 1.807) is 24.3 Å². The predicted octanol–water partition coefficient (Wildman–Crippen LogP) is 3.55. The number of nitrogens with one attached hydrogen (secondary N) is 2. The highest BCUT2D eigenvalue weighted by atomic mass is 35.5. The van der Waals surface area contributed by atoms with Crippen LogP contribution in [0.15, 0.2) is 42.5 Å². The summed E-state index contributed by atoms with van der Waals surface area (Å²) in [6.07, 6.45) is 0.0420. The van der Waals surface area contributed by atoms with Crippen LogP contribution < -0.4 is 20.3 Å². The smallest absolute Gasteiger partial charge is 0.279 e. The molecule has 0 aliphatic carbocycles. The first-order chi connectivity index (χ1) is 12.9. The maximum Gasteiger partial charge on any atom is 0.279 e. The number of hydrogen-bond donors (Lipinski definition) is 2. The average molecular weight is 411 g/mol. The summed E-state index contributed by atoms with van der Waals surface area (Å²) in [4.78, 5) is 23.8. The van der Waals surface area contributed by atoms with Crippen LogP contribution in [-0.4, -0.2) is 24.5 Å². The Hall–Kier alpha value is -2.44. The minimum Gasteiger partial charge on any atom is -0.484 e. The van der Waals surface area contributed by atoms with Crippen molar-refractivity contribution in [3.8, 4) is 11.5 Å². The lowest BCUT2D eigenvalue weighted by molar-refractivity contribution is -0.133. The third-order valence-electron chi connectivity index (χ3n) is 3.59. The molecule has 0 saturated carbocycles.